The summed E-state index contributed by atoms with van der Waals surface area (Å²) in [5, 5.41) is 18.0. The van der Waals surface area contributed by atoms with Gasteiger partial charge in [0, 0.05) is 22.0 Å². The van der Waals surface area contributed by atoms with Crippen LogP contribution in [0.2, 0.25) is 5.02 Å². The van der Waals surface area contributed by atoms with E-state index in [0.717, 1.165) is 5.75 Å². The van der Waals surface area contributed by atoms with Gasteiger partial charge in [-0.3, -0.25) is 9.59 Å². The number of amides is 2. The first-order valence-corrected chi connectivity index (χ1v) is 10.2. The molecule has 3 aromatic rings. The first kappa shape index (κ1) is 22.7. The van der Waals surface area contributed by atoms with Gasteiger partial charge < -0.3 is 20.7 Å². The fraction of sp³-hybridized carbons (Fsp3) is 0.125. The van der Waals surface area contributed by atoms with Crippen LogP contribution in [0.1, 0.15) is 22.8 Å². The van der Waals surface area contributed by atoms with Gasteiger partial charge in [0.05, 0.1) is 24.4 Å². The molecule has 162 valence electrons. The third-order valence-corrected chi connectivity index (χ3v) is 4.63. The van der Waals surface area contributed by atoms with E-state index in [1.807, 2.05) is 13.0 Å². The maximum absolute atomic E-state index is 12.4. The zero-order chi connectivity index (χ0) is 22.9. The molecule has 3 rings (SSSR count). The zero-order valence-corrected chi connectivity index (χ0v) is 18.1. The number of anilines is 3. The number of hydrogen-bond donors (Lipinski definition) is 3. The zero-order valence-electron chi connectivity index (χ0n) is 17.3. The van der Waals surface area contributed by atoms with Crippen LogP contribution in [0, 0.1) is 11.3 Å². The second-order valence-electron chi connectivity index (χ2n) is 6.69. The molecule has 7 nitrogen and oxygen atoms in total. The fourth-order valence-corrected chi connectivity index (χ4v) is 3.01. The van der Waals surface area contributed by atoms with Crippen LogP contribution < -0.4 is 20.7 Å². The summed E-state index contributed by atoms with van der Waals surface area (Å²) < 4.78 is 5.39. The summed E-state index contributed by atoms with van der Waals surface area (Å²) in [7, 11) is 0. The molecule has 0 spiro atoms. The van der Waals surface area contributed by atoms with E-state index in [0.29, 0.717) is 39.8 Å². The molecule has 3 N–H and O–H groups in total. The fourth-order valence-electron chi connectivity index (χ4n) is 2.84. The molecule has 0 radical (unpaired) electrons. The van der Waals surface area contributed by atoms with E-state index in [2.05, 4.69) is 16.0 Å². The number of nitrogens with zero attached hydrogens (tertiary/aromatic N) is 1. The Labute approximate surface area is 191 Å². The molecular weight excluding hydrogens is 428 g/mol. The third kappa shape index (κ3) is 6.24. The van der Waals surface area contributed by atoms with Crippen LogP contribution in [-0.4, -0.2) is 25.0 Å². The molecular formula is C24H21ClN4O3. The minimum absolute atomic E-state index is 0.0187. The molecule has 0 atom stereocenters. The number of carbonyl (C=O) groups excluding carboxylic acids is 2. The number of halogens is 1. The minimum atomic E-state index is -0.332. The Morgan fingerprint density at radius 3 is 2.31 bits per heavy atom. The number of nitrogens with one attached hydrogen (secondary N) is 3. The molecule has 0 aromatic heterocycles. The van der Waals surface area contributed by atoms with E-state index in [1.54, 1.807) is 60.7 Å². The summed E-state index contributed by atoms with van der Waals surface area (Å²) in [5.74, 6) is 0.161. The highest BCUT2D eigenvalue weighted by Crippen LogP contribution is 2.20. The molecule has 0 saturated heterocycles. The van der Waals surface area contributed by atoms with Crippen LogP contribution in [0.15, 0.2) is 66.7 Å². The highest BCUT2D eigenvalue weighted by molar-refractivity contribution is 6.31. The number of carbonyl (C=O) groups is 2. The van der Waals surface area contributed by atoms with Crippen molar-refractivity contribution in [3.05, 3.63) is 82.9 Å². The highest BCUT2D eigenvalue weighted by Gasteiger charge is 2.09. The number of nitriles is 1. The van der Waals surface area contributed by atoms with Crippen LogP contribution >= 0.6 is 11.6 Å². The smallest absolute Gasteiger partial charge is 0.255 e. The summed E-state index contributed by atoms with van der Waals surface area (Å²) in [6, 6.07) is 20.5. The Bertz CT molecular complexity index is 1140. The predicted octanol–water partition coefficient (Wildman–Crippen LogP) is 4.91. The van der Waals surface area contributed by atoms with Crippen molar-refractivity contribution in [3.8, 4) is 11.8 Å². The van der Waals surface area contributed by atoms with Gasteiger partial charge in [-0.2, -0.15) is 5.26 Å². The third-order valence-electron chi connectivity index (χ3n) is 4.40. The molecule has 2 amide bonds. The molecule has 0 heterocycles. The van der Waals surface area contributed by atoms with Crippen molar-refractivity contribution >= 4 is 40.5 Å². The Hall–Kier alpha value is -4.02. The van der Waals surface area contributed by atoms with Crippen molar-refractivity contribution in [3.63, 3.8) is 0 Å². The van der Waals surface area contributed by atoms with Gasteiger partial charge in [0.25, 0.3) is 5.91 Å². The lowest BCUT2D eigenvalue weighted by molar-refractivity contribution is -0.114. The van der Waals surface area contributed by atoms with Crippen molar-refractivity contribution in [2.45, 2.75) is 6.92 Å². The predicted molar refractivity (Wildman–Crippen MR) is 125 cm³/mol. The second kappa shape index (κ2) is 10.8. The van der Waals surface area contributed by atoms with Gasteiger partial charge in [-0.05, 0) is 73.7 Å². The van der Waals surface area contributed by atoms with Crippen LogP contribution in [0.5, 0.6) is 5.75 Å². The van der Waals surface area contributed by atoms with Gasteiger partial charge in [0.15, 0.2) is 0 Å². The molecule has 8 heteroatoms. The molecule has 0 aliphatic heterocycles. The van der Waals surface area contributed by atoms with Gasteiger partial charge in [0.1, 0.15) is 11.8 Å². The Morgan fingerprint density at radius 2 is 1.66 bits per heavy atom. The molecule has 0 aliphatic carbocycles. The summed E-state index contributed by atoms with van der Waals surface area (Å²) in [6.07, 6.45) is 0. The molecule has 0 saturated carbocycles. The average Bonchev–Trinajstić information content (AvgIpc) is 2.80. The first-order chi connectivity index (χ1) is 15.5. The van der Waals surface area contributed by atoms with E-state index in [1.165, 1.54) is 6.07 Å². The number of rotatable bonds is 8. The molecule has 32 heavy (non-hydrogen) atoms. The molecule has 3 aromatic carbocycles. The van der Waals surface area contributed by atoms with Crippen LogP contribution in [0.25, 0.3) is 0 Å². The Morgan fingerprint density at radius 1 is 0.969 bits per heavy atom. The SMILES string of the molecule is CCOc1ccc(NC(=O)c2ccc(NCC(=O)Nc3cc(Cl)ccc3C#N)cc2)cc1. The second-order valence-corrected chi connectivity index (χ2v) is 7.13. The Kier molecular flexibility index (Phi) is 7.68. The lowest BCUT2D eigenvalue weighted by Gasteiger charge is -2.10. The summed E-state index contributed by atoms with van der Waals surface area (Å²) in [5.41, 5.74) is 2.49. The molecule has 0 unspecified atom stereocenters. The van der Waals surface area contributed by atoms with E-state index < -0.39 is 0 Å². The average molecular weight is 449 g/mol. The van der Waals surface area contributed by atoms with Crippen molar-refractivity contribution < 1.29 is 14.3 Å². The molecule has 0 aliphatic rings. The molecule has 0 fully saturated rings. The van der Waals surface area contributed by atoms with Crippen molar-refractivity contribution in [1.29, 1.82) is 5.26 Å². The van der Waals surface area contributed by atoms with Gasteiger partial charge in [-0.25, -0.2) is 0 Å². The summed E-state index contributed by atoms with van der Waals surface area (Å²) >= 11 is 5.93. The number of benzene rings is 3. The molecule has 0 bridgehead atoms. The van der Waals surface area contributed by atoms with Crippen LogP contribution in [-0.2, 0) is 4.79 Å². The first-order valence-electron chi connectivity index (χ1n) is 9.86. The highest BCUT2D eigenvalue weighted by atomic mass is 35.5. The van der Waals surface area contributed by atoms with Crippen molar-refractivity contribution in [1.82, 2.24) is 0 Å². The maximum atomic E-state index is 12.4. The van der Waals surface area contributed by atoms with Crippen LogP contribution in [0.4, 0.5) is 17.1 Å². The lowest BCUT2D eigenvalue weighted by Crippen LogP contribution is -2.22. The standard InChI is InChI=1S/C24H21ClN4O3/c1-2-32-21-11-9-20(10-12-21)28-24(31)16-4-7-19(8-5-16)27-15-23(30)29-22-13-18(25)6-3-17(22)14-26/h3-13,27H,2,15H2,1H3,(H,28,31)(H,29,30). The normalized spacial score (nSPS) is 10.0. The van der Waals surface area contributed by atoms with Gasteiger partial charge in [0.2, 0.25) is 5.91 Å². The van der Waals surface area contributed by atoms with Crippen LogP contribution in [0.3, 0.4) is 0 Å². The number of hydrogen-bond acceptors (Lipinski definition) is 5. The van der Waals surface area contributed by atoms with E-state index in [4.69, 9.17) is 21.6 Å². The largest absolute Gasteiger partial charge is 0.494 e. The van der Waals surface area contributed by atoms with E-state index >= 15 is 0 Å². The maximum Gasteiger partial charge on any atom is 0.255 e. The Balaban J connectivity index is 1.53. The van der Waals surface area contributed by atoms with Gasteiger partial charge in [-0.15, -0.1) is 0 Å². The number of ether oxygens (including phenoxy) is 1. The van der Waals surface area contributed by atoms with Gasteiger partial charge >= 0.3 is 0 Å². The van der Waals surface area contributed by atoms with Crippen molar-refractivity contribution in [2.24, 2.45) is 0 Å². The topological polar surface area (TPSA) is 103 Å². The minimum Gasteiger partial charge on any atom is -0.494 e. The van der Waals surface area contributed by atoms with Crippen molar-refractivity contribution in [2.75, 3.05) is 29.1 Å². The summed E-state index contributed by atoms with van der Waals surface area (Å²) in [4.78, 5) is 24.6. The van der Waals surface area contributed by atoms with Gasteiger partial charge in [-0.1, -0.05) is 11.6 Å². The quantitative estimate of drug-likeness (QED) is 0.454. The monoisotopic (exact) mass is 448 g/mol. The van der Waals surface area contributed by atoms with E-state index in [-0.39, 0.29) is 18.4 Å². The van der Waals surface area contributed by atoms with E-state index in [9.17, 15) is 9.59 Å². The lowest BCUT2D eigenvalue weighted by atomic mass is 10.2. The summed E-state index contributed by atoms with van der Waals surface area (Å²) in [6.45, 7) is 2.47.